The Morgan fingerprint density at radius 1 is 1.19 bits per heavy atom. The first-order valence-corrected chi connectivity index (χ1v) is 5.61. The molecule has 16 heavy (non-hydrogen) atoms. The van der Waals surface area contributed by atoms with Gasteiger partial charge in [0.25, 0.3) is 0 Å². The zero-order valence-electron chi connectivity index (χ0n) is 9.41. The summed E-state index contributed by atoms with van der Waals surface area (Å²) >= 11 is 0. The van der Waals surface area contributed by atoms with Crippen molar-refractivity contribution in [3.8, 4) is 0 Å². The highest BCUT2D eigenvalue weighted by Crippen LogP contribution is 2.43. The highest BCUT2D eigenvalue weighted by atomic mass is 35.5. The second kappa shape index (κ2) is 5.35. The quantitative estimate of drug-likeness (QED) is 0.617. The van der Waals surface area contributed by atoms with Crippen LogP contribution in [0.15, 0.2) is 30.3 Å². The average molecular weight is 239 g/mol. The molecular formula is C13H19ClN2. The first kappa shape index (κ1) is 13.0. The number of hydrogen-bond donors (Lipinski definition) is 2. The molecule has 0 aliphatic heterocycles. The minimum atomic E-state index is 0. The molecule has 1 aromatic carbocycles. The molecule has 0 saturated heterocycles. The Balaban J connectivity index is 0.00000128. The zero-order chi connectivity index (χ0) is 10.7. The van der Waals surface area contributed by atoms with Gasteiger partial charge in [0, 0.05) is 11.8 Å². The van der Waals surface area contributed by atoms with E-state index in [0.717, 1.165) is 6.42 Å². The summed E-state index contributed by atoms with van der Waals surface area (Å²) in [4.78, 5) is 0. The predicted octanol–water partition coefficient (Wildman–Crippen LogP) is 3.25. The van der Waals surface area contributed by atoms with E-state index in [1.807, 2.05) is 6.07 Å². The van der Waals surface area contributed by atoms with Gasteiger partial charge in [-0.25, -0.2) is 0 Å². The molecule has 0 aromatic heterocycles. The minimum absolute atomic E-state index is 0. The predicted molar refractivity (Wildman–Crippen MR) is 70.4 cm³/mol. The Kier molecular flexibility index (Phi) is 4.36. The number of halogens is 1. The Morgan fingerprint density at radius 3 is 2.25 bits per heavy atom. The Hall–Kier alpha value is -1.02. The lowest BCUT2D eigenvalue weighted by atomic mass is 9.76. The second-order valence-corrected chi connectivity index (χ2v) is 4.56. The largest absolute Gasteiger partial charge is 0.388 e. The van der Waals surface area contributed by atoms with Gasteiger partial charge in [-0.15, -0.1) is 12.4 Å². The summed E-state index contributed by atoms with van der Waals surface area (Å²) in [7, 11) is 0. The third-order valence-corrected chi connectivity index (χ3v) is 3.48. The SMILES string of the molecule is Cl.N=C(N)CC1(c2ccccc2)CCCC1. The smallest absolute Gasteiger partial charge is 0.0914 e. The lowest BCUT2D eigenvalue weighted by Crippen LogP contribution is -2.29. The van der Waals surface area contributed by atoms with Gasteiger partial charge in [-0.05, 0) is 18.4 Å². The average Bonchev–Trinajstić information content (AvgIpc) is 2.68. The molecule has 0 unspecified atom stereocenters. The molecule has 2 rings (SSSR count). The summed E-state index contributed by atoms with van der Waals surface area (Å²) in [6, 6.07) is 10.5. The molecule has 1 aliphatic rings. The standard InChI is InChI=1S/C13H18N2.ClH/c14-12(15)10-13(8-4-5-9-13)11-6-2-1-3-7-11;/h1-3,6-7H,4-5,8-10H2,(H3,14,15);1H. The van der Waals surface area contributed by atoms with E-state index in [2.05, 4.69) is 24.3 Å². The van der Waals surface area contributed by atoms with E-state index in [1.165, 1.54) is 31.2 Å². The Morgan fingerprint density at radius 2 is 1.75 bits per heavy atom. The van der Waals surface area contributed by atoms with Crippen LogP contribution in [0.4, 0.5) is 0 Å². The van der Waals surface area contributed by atoms with Crippen molar-refractivity contribution in [1.82, 2.24) is 0 Å². The van der Waals surface area contributed by atoms with Gasteiger partial charge < -0.3 is 5.73 Å². The maximum atomic E-state index is 7.51. The van der Waals surface area contributed by atoms with Crippen LogP contribution in [0.2, 0.25) is 0 Å². The zero-order valence-corrected chi connectivity index (χ0v) is 10.2. The molecule has 0 heterocycles. The van der Waals surface area contributed by atoms with E-state index in [4.69, 9.17) is 11.1 Å². The van der Waals surface area contributed by atoms with Crippen molar-refractivity contribution in [2.45, 2.75) is 37.5 Å². The third kappa shape index (κ3) is 2.56. The number of nitrogens with one attached hydrogen (secondary N) is 1. The van der Waals surface area contributed by atoms with E-state index in [9.17, 15) is 0 Å². The topological polar surface area (TPSA) is 49.9 Å². The van der Waals surface area contributed by atoms with Crippen LogP contribution < -0.4 is 5.73 Å². The van der Waals surface area contributed by atoms with Crippen molar-refractivity contribution in [3.63, 3.8) is 0 Å². The first-order chi connectivity index (χ1) is 7.23. The highest BCUT2D eigenvalue weighted by Gasteiger charge is 2.35. The number of benzene rings is 1. The number of nitrogens with two attached hydrogens (primary N) is 1. The van der Waals surface area contributed by atoms with Gasteiger partial charge in [-0.2, -0.15) is 0 Å². The Labute approximate surface area is 103 Å². The molecule has 0 spiro atoms. The normalized spacial score (nSPS) is 17.8. The van der Waals surface area contributed by atoms with Crippen LogP contribution in [0.25, 0.3) is 0 Å². The molecule has 0 atom stereocenters. The maximum Gasteiger partial charge on any atom is 0.0914 e. The number of amidine groups is 1. The molecule has 2 nitrogen and oxygen atoms in total. The fourth-order valence-corrected chi connectivity index (χ4v) is 2.78. The monoisotopic (exact) mass is 238 g/mol. The molecule has 1 aromatic rings. The number of rotatable bonds is 3. The van der Waals surface area contributed by atoms with Gasteiger partial charge in [0.1, 0.15) is 0 Å². The van der Waals surface area contributed by atoms with Crippen LogP contribution >= 0.6 is 12.4 Å². The molecule has 88 valence electrons. The summed E-state index contributed by atoms with van der Waals surface area (Å²) in [6.07, 6.45) is 5.61. The minimum Gasteiger partial charge on any atom is -0.388 e. The molecule has 1 fully saturated rings. The highest BCUT2D eigenvalue weighted by molar-refractivity contribution is 5.85. The molecule has 1 aliphatic carbocycles. The first-order valence-electron chi connectivity index (χ1n) is 5.61. The lowest BCUT2D eigenvalue weighted by Gasteiger charge is -2.29. The molecule has 1 saturated carbocycles. The maximum absolute atomic E-state index is 7.51. The summed E-state index contributed by atoms with van der Waals surface area (Å²) in [5.74, 6) is 0.320. The second-order valence-electron chi connectivity index (χ2n) is 4.56. The van der Waals surface area contributed by atoms with Crippen LogP contribution in [0.1, 0.15) is 37.7 Å². The fraction of sp³-hybridized carbons (Fsp3) is 0.462. The van der Waals surface area contributed by atoms with E-state index in [-0.39, 0.29) is 17.8 Å². The van der Waals surface area contributed by atoms with Gasteiger partial charge in [-0.1, -0.05) is 43.2 Å². The van der Waals surface area contributed by atoms with Crippen molar-refractivity contribution >= 4 is 18.2 Å². The van der Waals surface area contributed by atoms with Gasteiger partial charge in [0.2, 0.25) is 0 Å². The summed E-state index contributed by atoms with van der Waals surface area (Å²) in [5, 5.41) is 7.51. The van der Waals surface area contributed by atoms with Crippen LogP contribution in [-0.2, 0) is 5.41 Å². The van der Waals surface area contributed by atoms with Gasteiger partial charge in [-0.3, -0.25) is 5.41 Å². The van der Waals surface area contributed by atoms with Crippen LogP contribution in [0.3, 0.4) is 0 Å². The van der Waals surface area contributed by atoms with Gasteiger partial charge in [0.15, 0.2) is 0 Å². The molecule has 3 heteroatoms. The van der Waals surface area contributed by atoms with E-state index in [1.54, 1.807) is 0 Å². The van der Waals surface area contributed by atoms with Crippen molar-refractivity contribution in [1.29, 1.82) is 5.41 Å². The van der Waals surface area contributed by atoms with Crippen molar-refractivity contribution < 1.29 is 0 Å². The summed E-state index contributed by atoms with van der Waals surface area (Å²) in [6.45, 7) is 0. The Bertz CT molecular complexity index is 342. The summed E-state index contributed by atoms with van der Waals surface area (Å²) < 4.78 is 0. The summed E-state index contributed by atoms with van der Waals surface area (Å²) in [5.41, 5.74) is 7.10. The van der Waals surface area contributed by atoms with Crippen LogP contribution in [0, 0.1) is 5.41 Å². The van der Waals surface area contributed by atoms with E-state index >= 15 is 0 Å². The molecule has 0 radical (unpaired) electrons. The molecule has 0 amide bonds. The molecular weight excluding hydrogens is 220 g/mol. The van der Waals surface area contributed by atoms with Gasteiger partial charge >= 0.3 is 0 Å². The number of hydrogen-bond acceptors (Lipinski definition) is 1. The fourth-order valence-electron chi connectivity index (χ4n) is 2.78. The molecule has 3 N–H and O–H groups in total. The van der Waals surface area contributed by atoms with Gasteiger partial charge in [0.05, 0.1) is 5.84 Å². The molecule has 0 bridgehead atoms. The van der Waals surface area contributed by atoms with Crippen LogP contribution in [-0.4, -0.2) is 5.84 Å². The lowest BCUT2D eigenvalue weighted by molar-refractivity contribution is 0.457. The van der Waals surface area contributed by atoms with Crippen molar-refractivity contribution in [2.75, 3.05) is 0 Å². The van der Waals surface area contributed by atoms with E-state index < -0.39 is 0 Å². The van der Waals surface area contributed by atoms with E-state index in [0.29, 0.717) is 5.84 Å². The van der Waals surface area contributed by atoms with Crippen molar-refractivity contribution in [2.24, 2.45) is 5.73 Å². The third-order valence-electron chi connectivity index (χ3n) is 3.48. The van der Waals surface area contributed by atoms with Crippen molar-refractivity contribution in [3.05, 3.63) is 35.9 Å². The van der Waals surface area contributed by atoms with Crippen LogP contribution in [0.5, 0.6) is 0 Å².